The molecule has 0 spiro atoms. The number of nitrogens with one attached hydrogen (secondary N) is 3. The van der Waals surface area contributed by atoms with Crippen molar-refractivity contribution in [2.75, 3.05) is 10.6 Å². The van der Waals surface area contributed by atoms with Crippen molar-refractivity contribution in [1.29, 1.82) is 0 Å². The monoisotopic (exact) mass is 445 g/mol. The van der Waals surface area contributed by atoms with Gasteiger partial charge in [-0.15, -0.1) is 0 Å². The second-order valence-corrected chi connectivity index (χ2v) is 9.68. The van der Waals surface area contributed by atoms with Crippen LogP contribution in [0.3, 0.4) is 0 Å². The molecule has 8 nitrogen and oxygen atoms in total. The van der Waals surface area contributed by atoms with Crippen LogP contribution >= 0.6 is 11.5 Å². The van der Waals surface area contributed by atoms with Crippen LogP contribution in [0.25, 0.3) is 0 Å². The highest BCUT2D eigenvalue weighted by atomic mass is 32.1. The second kappa shape index (κ2) is 9.55. The minimum Gasteiger partial charge on any atom is -0.444 e. The highest BCUT2D eigenvalue weighted by Crippen LogP contribution is 2.29. The van der Waals surface area contributed by atoms with Crippen LogP contribution in [-0.4, -0.2) is 34.1 Å². The van der Waals surface area contributed by atoms with Gasteiger partial charge < -0.3 is 26.4 Å². The Bertz CT molecular complexity index is 937. The molecule has 168 valence electrons. The van der Waals surface area contributed by atoms with Gasteiger partial charge in [-0.2, -0.15) is 4.37 Å². The maximum atomic E-state index is 12.3. The molecular formula is C22H31N5O3S. The molecule has 3 rings (SSSR count). The summed E-state index contributed by atoms with van der Waals surface area (Å²) in [6.07, 6.45) is 3.53. The van der Waals surface area contributed by atoms with Gasteiger partial charge in [0.1, 0.15) is 10.6 Å². The SMILES string of the molecule is Cc1cc(Nc2cc(N[C@@H]3CCCC[C@@H]3NC(=O)OC(C)(C)C)ccc2C(N)=O)sn1. The lowest BCUT2D eigenvalue weighted by Gasteiger charge is -2.34. The van der Waals surface area contributed by atoms with Gasteiger partial charge in [-0.25, -0.2) is 4.79 Å². The van der Waals surface area contributed by atoms with E-state index in [4.69, 9.17) is 10.5 Å². The lowest BCUT2D eigenvalue weighted by atomic mass is 9.90. The Labute approximate surface area is 187 Å². The molecule has 0 unspecified atom stereocenters. The van der Waals surface area contributed by atoms with Gasteiger partial charge in [0.2, 0.25) is 0 Å². The van der Waals surface area contributed by atoms with Crippen LogP contribution in [0, 0.1) is 6.92 Å². The molecule has 1 fully saturated rings. The number of benzene rings is 1. The smallest absolute Gasteiger partial charge is 0.407 e. The fraction of sp³-hybridized carbons (Fsp3) is 0.500. The molecule has 31 heavy (non-hydrogen) atoms. The zero-order valence-corrected chi connectivity index (χ0v) is 19.3. The number of alkyl carbamates (subject to hydrolysis) is 1. The summed E-state index contributed by atoms with van der Waals surface area (Å²) in [5.74, 6) is -0.502. The predicted molar refractivity (Wildman–Crippen MR) is 124 cm³/mol. The molecule has 0 aliphatic heterocycles. The van der Waals surface area contributed by atoms with Crippen LogP contribution in [0.1, 0.15) is 62.5 Å². The van der Waals surface area contributed by atoms with Crippen LogP contribution in [0.2, 0.25) is 0 Å². The third-order valence-electron chi connectivity index (χ3n) is 4.99. The minimum atomic E-state index is -0.540. The van der Waals surface area contributed by atoms with E-state index in [2.05, 4.69) is 20.3 Å². The van der Waals surface area contributed by atoms with Gasteiger partial charge in [0.05, 0.1) is 23.0 Å². The van der Waals surface area contributed by atoms with E-state index in [1.165, 1.54) is 11.5 Å². The highest BCUT2D eigenvalue weighted by molar-refractivity contribution is 7.10. The Morgan fingerprint density at radius 2 is 1.87 bits per heavy atom. The van der Waals surface area contributed by atoms with Gasteiger partial charge in [0, 0.05) is 11.7 Å². The summed E-state index contributed by atoms with van der Waals surface area (Å²) in [4.78, 5) is 24.2. The molecule has 2 atom stereocenters. The fourth-order valence-electron chi connectivity index (χ4n) is 3.66. The van der Waals surface area contributed by atoms with E-state index < -0.39 is 17.6 Å². The van der Waals surface area contributed by atoms with E-state index in [1.807, 2.05) is 45.9 Å². The van der Waals surface area contributed by atoms with Gasteiger partial charge in [-0.1, -0.05) is 12.8 Å². The number of nitrogens with two attached hydrogens (primary N) is 1. The molecule has 1 aromatic heterocycles. The van der Waals surface area contributed by atoms with Crippen LogP contribution < -0.4 is 21.7 Å². The first-order valence-electron chi connectivity index (χ1n) is 10.5. The summed E-state index contributed by atoms with van der Waals surface area (Å²) < 4.78 is 9.69. The highest BCUT2D eigenvalue weighted by Gasteiger charge is 2.28. The molecule has 0 radical (unpaired) electrons. The second-order valence-electron chi connectivity index (χ2n) is 8.87. The van der Waals surface area contributed by atoms with Crippen LogP contribution in [0.15, 0.2) is 24.3 Å². The zero-order chi connectivity index (χ0) is 22.6. The number of aromatic nitrogens is 1. The minimum absolute atomic E-state index is 0.0417. The van der Waals surface area contributed by atoms with Crippen molar-refractivity contribution in [3.63, 3.8) is 0 Å². The standard InChI is InChI=1S/C22H31N5O3S/c1-13-11-19(31-27-13)25-18-12-14(9-10-15(18)20(23)28)24-16-7-5-6-8-17(16)26-21(29)30-22(2,3)4/h9-12,16-17,24-25H,5-8H2,1-4H3,(H2,23,28)(H,26,29)/t16-,17+/m1/s1. The lowest BCUT2D eigenvalue weighted by molar-refractivity contribution is 0.0488. The third kappa shape index (κ3) is 6.58. The van der Waals surface area contributed by atoms with Crippen LogP contribution in [0.5, 0.6) is 0 Å². The van der Waals surface area contributed by atoms with Crippen molar-refractivity contribution in [2.45, 2.75) is 71.1 Å². The Morgan fingerprint density at radius 3 is 2.48 bits per heavy atom. The summed E-state index contributed by atoms with van der Waals surface area (Å²) in [5, 5.41) is 10.6. The molecule has 1 aliphatic carbocycles. The van der Waals surface area contributed by atoms with Gasteiger partial charge in [-0.05, 0) is 76.3 Å². The average Bonchev–Trinajstić information content (AvgIpc) is 3.06. The number of ether oxygens (including phenoxy) is 1. The van der Waals surface area contributed by atoms with Crippen molar-refractivity contribution in [3.8, 4) is 0 Å². The van der Waals surface area contributed by atoms with Crippen molar-refractivity contribution in [1.82, 2.24) is 9.69 Å². The first kappa shape index (κ1) is 22.9. The van der Waals surface area contributed by atoms with E-state index in [-0.39, 0.29) is 12.1 Å². The van der Waals surface area contributed by atoms with Gasteiger partial charge in [-0.3, -0.25) is 4.79 Å². The maximum absolute atomic E-state index is 12.3. The topological polar surface area (TPSA) is 118 Å². The molecule has 1 aliphatic rings. The quantitative estimate of drug-likeness (QED) is 0.518. The zero-order valence-electron chi connectivity index (χ0n) is 18.5. The Morgan fingerprint density at radius 1 is 1.16 bits per heavy atom. The number of aryl methyl sites for hydroxylation is 1. The number of hydrogen-bond acceptors (Lipinski definition) is 7. The largest absolute Gasteiger partial charge is 0.444 e. The lowest BCUT2D eigenvalue weighted by Crippen LogP contribution is -2.49. The number of amides is 2. The van der Waals surface area contributed by atoms with Crippen molar-refractivity contribution in [2.24, 2.45) is 5.73 Å². The Balaban J connectivity index is 1.75. The molecule has 2 amide bonds. The first-order chi connectivity index (χ1) is 14.6. The van der Waals surface area contributed by atoms with Crippen molar-refractivity contribution < 1.29 is 14.3 Å². The summed E-state index contributed by atoms with van der Waals surface area (Å²) in [6.45, 7) is 7.46. The van der Waals surface area contributed by atoms with E-state index in [9.17, 15) is 9.59 Å². The molecule has 0 bridgehead atoms. The Hall–Kier alpha value is -2.81. The van der Waals surface area contributed by atoms with Crippen LogP contribution in [0.4, 0.5) is 21.2 Å². The van der Waals surface area contributed by atoms with E-state index in [1.54, 1.807) is 6.07 Å². The normalized spacial score (nSPS) is 18.8. The maximum Gasteiger partial charge on any atom is 0.407 e. The molecular weight excluding hydrogens is 414 g/mol. The third-order valence-corrected chi connectivity index (χ3v) is 5.79. The summed E-state index contributed by atoms with van der Waals surface area (Å²) >= 11 is 1.32. The van der Waals surface area contributed by atoms with Crippen molar-refractivity contribution >= 4 is 39.9 Å². The molecule has 1 aromatic carbocycles. The average molecular weight is 446 g/mol. The number of nitrogens with zero attached hydrogens (tertiary/aromatic N) is 1. The summed E-state index contributed by atoms with van der Waals surface area (Å²) in [5.41, 5.74) is 7.79. The fourth-order valence-corrected chi connectivity index (χ4v) is 4.33. The van der Waals surface area contributed by atoms with E-state index >= 15 is 0 Å². The number of anilines is 3. The molecule has 5 N–H and O–H groups in total. The van der Waals surface area contributed by atoms with Crippen molar-refractivity contribution in [3.05, 3.63) is 35.5 Å². The summed E-state index contributed by atoms with van der Waals surface area (Å²) in [6, 6.07) is 7.34. The van der Waals surface area contributed by atoms with E-state index in [0.29, 0.717) is 11.3 Å². The Kier molecular flexibility index (Phi) is 7.04. The van der Waals surface area contributed by atoms with Gasteiger partial charge >= 0.3 is 6.09 Å². The first-order valence-corrected chi connectivity index (χ1v) is 11.3. The number of carbonyl (C=O) groups excluding carboxylic acids is 2. The predicted octanol–water partition coefficient (Wildman–Crippen LogP) is 4.54. The number of rotatable bonds is 6. The molecule has 1 heterocycles. The molecule has 2 aromatic rings. The van der Waals surface area contributed by atoms with Gasteiger partial charge in [0.15, 0.2) is 0 Å². The number of hydrogen-bond donors (Lipinski definition) is 4. The van der Waals surface area contributed by atoms with Crippen LogP contribution in [-0.2, 0) is 4.74 Å². The molecule has 0 saturated heterocycles. The molecule has 1 saturated carbocycles. The summed E-state index contributed by atoms with van der Waals surface area (Å²) in [7, 11) is 0. The van der Waals surface area contributed by atoms with E-state index in [0.717, 1.165) is 42.1 Å². The molecule has 9 heteroatoms. The number of carbonyl (C=O) groups is 2. The number of primary amides is 1. The van der Waals surface area contributed by atoms with Gasteiger partial charge in [0.25, 0.3) is 5.91 Å².